The first-order chi connectivity index (χ1) is 10.8. The van der Waals surface area contributed by atoms with Gasteiger partial charge in [-0.2, -0.15) is 5.26 Å². The molecular formula is C19H19N3. The Bertz CT molecular complexity index is 810. The number of fused-ring (bicyclic) bond motifs is 1. The summed E-state index contributed by atoms with van der Waals surface area (Å²) in [5.41, 5.74) is 11.0. The zero-order chi connectivity index (χ0) is 15.4. The van der Waals surface area contributed by atoms with Crippen molar-refractivity contribution < 1.29 is 0 Å². The van der Waals surface area contributed by atoms with Gasteiger partial charge in [0.05, 0.1) is 11.6 Å². The fraction of sp³-hybridized carbons (Fsp3) is 0.211. The van der Waals surface area contributed by atoms with Crippen molar-refractivity contribution in [1.82, 2.24) is 4.98 Å². The number of hydrogen-bond donors (Lipinski definition) is 2. The van der Waals surface area contributed by atoms with Gasteiger partial charge >= 0.3 is 0 Å². The molecule has 0 saturated heterocycles. The molecule has 0 aliphatic heterocycles. The average molecular weight is 289 g/mol. The smallest absolute Gasteiger partial charge is 0.0991 e. The van der Waals surface area contributed by atoms with Crippen molar-refractivity contribution in [1.29, 1.82) is 5.26 Å². The van der Waals surface area contributed by atoms with Gasteiger partial charge < -0.3 is 10.7 Å². The summed E-state index contributed by atoms with van der Waals surface area (Å²) in [7, 11) is 0. The zero-order valence-corrected chi connectivity index (χ0v) is 12.5. The van der Waals surface area contributed by atoms with Crippen LogP contribution >= 0.6 is 0 Å². The minimum Gasteiger partial charge on any atom is -0.354 e. The molecule has 0 bridgehead atoms. The number of aromatic nitrogens is 1. The molecule has 1 heterocycles. The maximum Gasteiger partial charge on any atom is 0.0991 e. The van der Waals surface area contributed by atoms with E-state index in [0.29, 0.717) is 12.1 Å². The standard InChI is InChI=1S/C19H19N3/c20-11-5-4-8-16-17-12-14(13-21)9-10-18(17)22-19(16)15-6-2-1-3-7-15/h1-3,6-7,9-10,12,22H,4-5,8,11,20H2. The minimum absolute atomic E-state index is 0.700. The van der Waals surface area contributed by atoms with Crippen molar-refractivity contribution in [3.05, 3.63) is 59.7 Å². The largest absolute Gasteiger partial charge is 0.354 e. The molecule has 0 unspecified atom stereocenters. The number of aryl methyl sites for hydroxylation is 1. The first-order valence-electron chi connectivity index (χ1n) is 7.63. The summed E-state index contributed by atoms with van der Waals surface area (Å²) in [6, 6.07) is 18.4. The Hall–Kier alpha value is -2.57. The quantitative estimate of drug-likeness (QED) is 0.697. The van der Waals surface area contributed by atoms with Gasteiger partial charge in [-0.1, -0.05) is 30.3 Å². The van der Waals surface area contributed by atoms with E-state index in [0.717, 1.165) is 35.9 Å². The number of H-pyrrole nitrogens is 1. The van der Waals surface area contributed by atoms with Crippen LogP contribution in [0.5, 0.6) is 0 Å². The van der Waals surface area contributed by atoms with Crippen molar-refractivity contribution >= 4 is 10.9 Å². The number of nitrogens with one attached hydrogen (secondary N) is 1. The summed E-state index contributed by atoms with van der Waals surface area (Å²) in [5.74, 6) is 0. The lowest BCUT2D eigenvalue weighted by molar-refractivity contribution is 0.748. The summed E-state index contributed by atoms with van der Waals surface area (Å²) < 4.78 is 0. The van der Waals surface area contributed by atoms with Crippen molar-refractivity contribution in [2.45, 2.75) is 19.3 Å². The number of nitrogens with two attached hydrogens (primary N) is 1. The summed E-state index contributed by atoms with van der Waals surface area (Å²) in [6.45, 7) is 0.715. The van der Waals surface area contributed by atoms with Crippen molar-refractivity contribution in [3.63, 3.8) is 0 Å². The molecule has 0 saturated carbocycles. The van der Waals surface area contributed by atoms with Gasteiger partial charge in [-0.3, -0.25) is 0 Å². The second kappa shape index (κ2) is 6.46. The van der Waals surface area contributed by atoms with Crippen molar-refractivity contribution in [3.8, 4) is 17.3 Å². The van der Waals surface area contributed by atoms with E-state index in [2.05, 4.69) is 23.2 Å². The lowest BCUT2D eigenvalue weighted by Crippen LogP contribution is -1.99. The van der Waals surface area contributed by atoms with Gasteiger partial charge in [0.1, 0.15) is 0 Å². The molecule has 0 radical (unpaired) electrons. The van der Waals surface area contributed by atoms with E-state index in [9.17, 15) is 0 Å². The highest BCUT2D eigenvalue weighted by Gasteiger charge is 2.13. The lowest BCUT2D eigenvalue weighted by atomic mass is 9.99. The van der Waals surface area contributed by atoms with Crippen LogP contribution in [-0.2, 0) is 6.42 Å². The van der Waals surface area contributed by atoms with Crippen LogP contribution < -0.4 is 5.73 Å². The third-order valence-electron chi connectivity index (χ3n) is 3.98. The van der Waals surface area contributed by atoms with E-state index >= 15 is 0 Å². The highest BCUT2D eigenvalue weighted by Crippen LogP contribution is 2.32. The molecule has 22 heavy (non-hydrogen) atoms. The Balaban J connectivity index is 2.13. The van der Waals surface area contributed by atoms with Crippen molar-refractivity contribution in [2.24, 2.45) is 5.73 Å². The van der Waals surface area contributed by atoms with Gasteiger partial charge in [0, 0.05) is 16.6 Å². The maximum atomic E-state index is 9.15. The molecular weight excluding hydrogens is 270 g/mol. The fourth-order valence-electron chi connectivity index (χ4n) is 2.87. The number of hydrogen-bond acceptors (Lipinski definition) is 2. The van der Waals surface area contributed by atoms with E-state index in [4.69, 9.17) is 11.0 Å². The third-order valence-corrected chi connectivity index (χ3v) is 3.98. The van der Waals surface area contributed by atoms with E-state index in [1.54, 1.807) is 0 Å². The number of nitrogens with zero attached hydrogens (tertiary/aromatic N) is 1. The van der Waals surface area contributed by atoms with E-state index in [-0.39, 0.29) is 0 Å². The van der Waals surface area contributed by atoms with Gasteiger partial charge in [0.2, 0.25) is 0 Å². The van der Waals surface area contributed by atoms with Gasteiger partial charge in [0.15, 0.2) is 0 Å². The molecule has 0 aliphatic carbocycles. The van der Waals surface area contributed by atoms with Crippen LogP contribution in [0.3, 0.4) is 0 Å². The Labute approximate surface area is 130 Å². The first kappa shape index (κ1) is 14.4. The molecule has 1 aromatic heterocycles. The SMILES string of the molecule is N#Cc1ccc2[nH]c(-c3ccccc3)c(CCCCN)c2c1. The summed E-state index contributed by atoms with van der Waals surface area (Å²) in [5, 5.41) is 10.3. The van der Waals surface area contributed by atoms with Crippen LogP contribution in [-0.4, -0.2) is 11.5 Å². The van der Waals surface area contributed by atoms with Gasteiger partial charge in [0.25, 0.3) is 0 Å². The Kier molecular flexibility index (Phi) is 4.22. The third kappa shape index (κ3) is 2.74. The number of benzene rings is 2. The van der Waals surface area contributed by atoms with Crippen LogP contribution in [0.2, 0.25) is 0 Å². The van der Waals surface area contributed by atoms with Crippen molar-refractivity contribution in [2.75, 3.05) is 6.54 Å². The lowest BCUT2D eigenvalue weighted by Gasteiger charge is -2.05. The molecule has 3 heteroatoms. The topological polar surface area (TPSA) is 65.6 Å². The number of aromatic amines is 1. The molecule has 0 fully saturated rings. The molecule has 3 rings (SSSR count). The summed E-state index contributed by atoms with van der Waals surface area (Å²) >= 11 is 0. The predicted octanol–water partition coefficient (Wildman–Crippen LogP) is 3.99. The Morgan fingerprint density at radius 1 is 1.05 bits per heavy atom. The monoisotopic (exact) mass is 289 g/mol. The van der Waals surface area contributed by atoms with E-state index < -0.39 is 0 Å². The molecule has 3 nitrogen and oxygen atoms in total. The van der Waals surface area contributed by atoms with E-state index in [1.807, 2.05) is 36.4 Å². The van der Waals surface area contributed by atoms with E-state index in [1.165, 1.54) is 11.1 Å². The fourth-order valence-corrected chi connectivity index (χ4v) is 2.87. The normalized spacial score (nSPS) is 10.7. The Morgan fingerprint density at radius 2 is 1.86 bits per heavy atom. The molecule has 110 valence electrons. The Morgan fingerprint density at radius 3 is 2.59 bits per heavy atom. The van der Waals surface area contributed by atoms with Crippen LogP contribution in [0.25, 0.3) is 22.2 Å². The predicted molar refractivity (Wildman–Crippen MR) is 90.4 cm³/mol. The number of unbranched alkanes of at least 4 members (excludes halogenated alkanes) is 1. The highest BCUT2D eigenvalue weighted by molar-refractivity contribution is 5.91. The van der Waals surface area contributed by atoms with Crippen LogP contribution in [0.1, 0.15) is 24.0 Å². The second-order valence-corrected chi connectivity index (χ2v) is 5.46. The average Bonchev–Trinajstić information content (AvgIpc) is 2.94. The molecule has 2 aromatic carbocycles. The van der Waals surface area contributed by atoms with Gasteiger partial charge in [-0.15, -0.1) is 0 Å². The summed E-state index contributed by atoms with van der Waals surface area (Å²) in [4.78, 5) is 3.52. The number of nitriles is 1. The molecule has 0 amide bonds. The molecule has 3 aromatic rings. The molecule has 3 N–H and O–H groups in total. The first-order valence-corrected chi connectivity index (χ1v) is 7.63. The van der Waals surface area contributed by atoms with Crippen LogP contribution in [0.15, 0.2) is 48.5 Å². The molecule has 0 spiro atoms. The van der Waals surface area contributed by atoms with Crippen LogP contribution in [0, 0.1) is 11.3 Å². The number of rotatable bonds is 5. The van der Waals surface area contributed by atoms with Crippen LogP contribution in [0.4, 0.5) is 0 Å². The molecule has 0 atom stereocenters. The maximum absolute atomic E-state index is 9.15. The summed E-state index contributed by atoms with van der Waals surface area (Å²) in [6.07, 6.45) is 3.04. The van der Waals surface area contributed by atoms with Gasteiger partial charge in [-0.25, -0.2) is 0 Å². The molecule has 0 aliphatic rings. The minimum atomic E-state index is 0.700. The zero-order valence-electron chi connectivity index (χ0n) is 12.5. The highest BCUT2D eigenvalue weighted by atomic mass is 14.7. The second-order valence-electron chi connectivity index (χ2n) is 5.46. The van der Waals surface area contributed by atoms with Gasteiger partial charge in [-0.05, 0) is 55.1 Å².